The SMILES string of the molecule is Cc1cc(F)c(Br)cc1NC(=O)CCC(C)O. The highest BCUT2D eigenvalue weighted by Gasteiger charge is 2.09. The van der Waals surface area contributed by atoms with Gasteiger partial charge in [-0.1, -0.05) is 0 Å². The van der Waals surface area contributed by atoms with Crippen LogP contribution in [0.2, 0.25) is 0 Å². The van der Waals surface area contributed by atoms with Crippen LogP contribution >= 0.6 is 15.9 Å². The summed E-state index contributed by atoms with van der Waals surface area (Å²) in [4.78, 5) is 11.5. The standard InChI is InChI=1S/C12H15BrFNO2/c1-7-5-10(14)9(13)6-11(7)15-12(17)4-3-8(2)16/h5-6,8,16H,3-4H2,1-2H3,(H,15,17). The molecular formula is C12H15BrFNO2. The molecule has 0 aliphatic carbocycles. The summed E-state index contributed by atoms with van der Waals surface area (Å²) in [6.45, 7) is 3.35. The van der Waals surface area contributed by atoms with Gasteiger partial charge >= 0.3 is 0 Å². The fourth-order valence-corrected chi connectivity index (χ4v) is 1.68. The van der Waals surface area contributed by atoms with Gasteiger partial charge in [0.05, 0.1) is 10.6 Å². The monoisotopic (exact) mass is 303 g/mol. The molecule has 0 saturated heterocycles. The lowest BCUT2D eigenvalue weighted by atomic mass is 10.1. The van der Waals surface area contributed by atoms with E-state index in [0.29, 0.717) is 22.1 Å². The molecule has 0 heterocycles. The van der Waals surface area contributed by atoms with Crippen molar-refractivity contribution in [1.82, 2.24) is 0 Å². The van der Waals surface area contributed by atoms with Crippen LogP contribution in [0.5, 0.6) is 0 Å². The molecule has 0 saturated carbocycles. The van der Waals surface area contributed by atoms with Crippen LogP contribution in [0.3, 0.4) is 0 Å². The summed E-state index contributed by atoms with van der Waals surface area (Å²) in [5, 5.41) is 11.8. The highest BCUT2D eigenvalue weighted by atomic mass is 79.9. The first-order valence-electron chi connectivity index (χ1n) is 5.33. The first kappa shape index (κ1) is 14.1. The van der Waals surface area contributed by atoms with Crippen molar-refractivity contribution in [2.45, 2.75) is 32.8 Å². The Balaban J connectivity index is 2.68. The fraction of sp³-hybridized carbons (Fsp3) is 0.417. The highest BCUT2D eigenvalue weighted by Crippen LogP contribution is 2.24. The first-order chi connectivity index (χ1) is 7.90. The molecule has 3 nitrogen and oxygen atoms in total. The number of carbonyl (C=O) groups excluding carboxylic acids is 1. The number of hydrogen-bond acceptors (Lipinski definition) is 2. The molecule has 1 rings (SSSR count). The summed E-state index contributed by atoms with van der Waals surface area (Å²) in [5.74, 6) is -0.544. The molecular weight excluding hydrogens is 289 g/mol. The summed E-state index contributed by atoms with van der Waals surface area (Å²) in [6, 6.07) is 2.89. The van der Waals surface area contributed by atoms with Gasteiger partial charge in [0, 0.05) is 12.1 Å². The molecule has 5 heteroatoms. The second-order valence-electron chi connectivity index (χ2n) is 4.02. The lowest BCUT2D eigenvalue weighted by molar-refractivity contribution is -0.116. The third-order valence-corrected chi connectivity index (χ3v) is 2.94. The summed E-state index contributed by atoms with van der Waals surface area (Å²) in [6.07, 6.45) is 0.154. The second-order valence-corrected chi connectivity index (χ2v) is 4.87. The highest BCUT2D eigenvalue weighted by molar-refractivity contribution is 9.10. The largest absolute Gasteiger partial charge is 0.393 e. The molecule has 2 N–H and O–H groups in total. The maximum absolute atomic E-state index is 13.2. The molecule has 0 aliphatic heterocycles. The van der Waals surface area contributed by atoms with Gasteiger partial charge in [-0.05, 0) is 53.9 Å². The quantitative estimate of drug-likeness (QED) is 0.898. The minimum Gasteiger partial charge on any atom is -0.393 e. The molecule has 0 fully saturated rings. The Morgan fingerprint density at radius 1 is 1.59 bits per heavy atom. The maximum Gasteiger partial charge on any atom is 0.224 e. The second kappa shape index (κ2) is 6.12. The topological polar surface area (TPSA) is 49.3 Å². The molecule has 1 unspecified atom stereocenters. The number of carbonyl (C=O) groups is 1. The number of nitrogens with one attached hydrogen (secondary N) is 1. The zero-order chi connectivity index (χ0) is 13.0. The molecule has 1 atom stereocenters. The van der Waals surface area contributed by atoms with Gasteiger partial charge in [-0.2, -0.15) is 0 Å². The van der Waals surface area contributed by atoms with Crippen molar-refractivity contribution in [3.8, 4) is 0 Å². The van der Waals surface area contributed by atoms with Gasteiger partial charge in [0.25, 0.3) is 0 Å². The Hall–Kier alpha value is -0.940. The lowest BCUT2D eigenvalue weighted by Gasteiger charge is -2.10. The summed E-state index contributed by atoms with van der Waals surface area (Å²) in [5.41, 5.74) is 1.24. The third kappa shape index (κ3) is 4.44. The summed E-state index contributed by atoms with van der Waals surface area (Å²) < 4.78 is 13.5. The third-order valence-electron chi connectivity index (χ3n) is 2.33. The van der Waals surface area contributed by atoms with Gasteiger partial charge in [-0.3, -0.25) is 4.79 Å². The van der Waals surface area contributed by atoms with E-state index in [0.717, 1.165) is 0 Å². The molecule has 1 aromatic carbocycles. The van der Waals surface area contributed by atoms with E-state index in [1.54, 1.807) is 13.8 Å². The number of aliphatic hydroxyl groups is 1. The van der Waals surface area contributed by atoms with Gasteiger partial charge in [0.15, 0.2) is 0 Å². The number of aliphatic hydroxyl groups excluding tert-OH is 1. The molecule has 94 valence electrons. The van der Waals surface area contributed by atoms with Crippen LogP contribution in [-0.2, 0) is 4.79 Å². The van der Waals surface area contributed by atoms with Crippen LogP contribution in [0.1, 0.15) is 25.3 Å². The number of anilines is 1. The number of aryl methyl sites for hydroxylation is 1. The normalized spacial score (nSPS) is 12.3. The minimum absolute atomic E-state index is 0.187. The molecule has 1 amide bonds. The smallest absolute Gasteiger partial charge is 0.224 e. The van der Waals surface area contributed by atoms with Crippen LogP contribution < -0.4 is 5.32 Å². The number of halogens is 2. The Labute approximate surface area is 108 Å². The van der Waals surface area contributed by atoms with E-state index in [1.165, 1.54) is 12.1 Å². The van der Waals surface area contributed by atoms with E-state index in [2.05, 4.69) is 21.2 Å². The average molecular weight is 304 g/mol. The average Bonchev–Trinajstić information content (AvgIpc) is 2.23. The number of amides is 1. The number of rotatable bonds is 4. The predicted octanol–water partition coefficient (Wildman–Crippen LogP) is 3.00. The molecule has 0 bridgehead atoms. The molecule has 17 heavy (non-hydrogen) atoms. The van der Waals surface area contributed by atoms with Gasteiger partial charge < -0.3 is 10.4 Å². The summed E-state index contributed by atoms with van der Waals surface area (Å²) in [7, 11) is 0. The minimum atomic E-state index is -0.498. The Morgan fingerprint density at radius 2 is 2.24 bits per heavy atom. The van der Waals surface area contributed by atoms with E-state index in [1.807, 2.05) is 0 Å². The van der Waals surface area contributed by atoms with E-state index in [9.17, 15) is 9.18 Å². The van der Waals surface area contributed by atoms with Crippen LogP contribution in [-0.4, -0.2) is 17.1 Å². The Morgan fingerprint density at radius 3 is 2.82 bits per heavy atom. The number of benzene rings is 1. The molecule has 0 spiro atoms. The zero-order valence-electron chi connectivity index (χ0n) is 9.76. The van der Waals surface area contributed by atoms with Crippen molar-refractivity contribution < 1.29 is 14.3 Å². The van der Waals surface area contributed by atoms with Crippen molar-refractivity contribution in [3.63, 3.8) is 0 Å². The lowest BCUT2D eigenvalue weighted by Crippen LogP contribution is -2.14. The van der Waals surface area contributed by atoms with Gasteiger partial charge in [0.2, 0.25) is 5.91 Å². The van der Waals surface area contributed by atoms with Crippen molar-refractivity contribution in [3.05, 3.63) is 28.0 Å². The van der Waals surface area contributed by atoms with Crippen molar-refractivity contribution >= 4 is 27.5 Å². The van der Waals surface area contributed by atoms with Gasteiger partial charge in [-0.15, -0.1) is 0 Å². The molecule has 0 radical (unpaired) electrons. The summed E-state index contributed by atoms with van der Waals surface area (Å²) >= 11 is 3.07. The Bertz CT molecular complexity index is 421. The zero-order valence-corrected chi connectivity index (χ0v) is 11.3. The van der Waals surface area contributed by atoms with Gasteiger partial charge in [0.1, 0.15) is 5.82 Å². The Kier molecular flexibility index (Phi) is 5.08. The predicted molar refractivity (Wildman–Crippen MR) is 68.4 cm³/mol. The fourth-order valence-electron chi connectivity index (χ4n) is 1.33. The molecule has 0 aromatic heterocycles. The maximum atomic E-state index is 13.2. The number of hydrogen-bond donors (Lipinski definition) is 2. The van der Waals surface area contributed by atoms with Crippen molar-refractivity contribution in [2.24, 2.45) is 0 Å². The van der Waals surface area contributed by atoms with Crippen LogP contribution in [0.25, 0.3) is 0 Å². The van der Waals surface area contributed by atoms with E-state index in [-0.39, 0.29) is 18.1 Å². The van der Waals surface area contributed by atoms with Crippen LogP contribution in [0.15, 0.2) is 16.6 Å². The molecule has 0 aliphatic rings. The first-order valence-corrected chi connectivity index (χ1v) is 6.13. The van der Waals surface area contributed by atoms with E-state index < -0.39 is 6.10 Å². The van der Waals surface area contributed by atoms with Crippen LogP contribution in [0, 0.1) is 12.7 Å². The molecule has 1 aromatic rings. The van der Waals surface area contributed by atoms with Crippen LogP contribution in [0.4, 0.5) is 10.1 Å². The van der Waals surface area contributed by atoms with Gasteiger partial charge in [-0.25, -0.2) is 4.39 Å². The van der Waals surface area contributed by atoms with E-state index in [4.69, 9.17) is 5.11 Å². The van der Waals surface area contributed by atoms with Crippen molar-refractivity contribution in [1.29, 1.82) is 0 Å². The van der Waals surface area contributed by atoms with E-state index >= 15 is 0 Å². The van der Waals surface area contributed by atoms with Crippen molar-refractivity contribution in [2.75, 3.05) is 5.32 Å².